The molecule has 1 heterocycles. The highest BCUT2D eigenvalue weighted by atomic mass is 16.7. The van der Waals surface area contributed by atoms with Crippen LogP contribution in [-0.4, -0.2) is 52.4 Å². The minimum Gasteiger partial charge on any atom is -0.462 e. The van der Waals surface area contributed by atoms with Crippen molar-refractivity contribution in [2.45, 2.75) is 43.9 Å². The number of nitro groups is 1. The van der Waals surface area contributed by atoms with Gasteiger partial charge in [-0.3, -0.25) is 10.1 Å². The summed E-state index contributed by atoms with van der Waals surface area (Å²) < 4.78 is 23.5. The Hall–Kier alpha value is -3.34. The van der Waals surface area contributed by atoms with Crippen molar-refractivity contribution >= 4 is 5.69 Å². The van der Waals surface area contributed by atoms with Crippen LogP contribution >= 0.6 is 0 Å². The lowest BCUT2D eigenvalue weighted by Crippen LogP contribution is -2.61. The minimum absolute atomic E-state index is 0.0125. The summed E-state index contributed by atoms with van der Waals surface area (Å²) in [6, 6.07) is 24.4. The largest absolute Gasteiger partial charge is 0.462 e. The summed E-state index contributed by atoms with van der Waals surface area (Å²) in [5, 5.41) is 32.6. The summed E-state index contributed by atoms with van der Waals surface area (Å²) in [5.74, 6) is 0.293. The van der Waals surface area contributed by atoms with Crippen molar-refractivity contribution in [3.8, 4) is 5.75 Å². The molecule has 1 aliphatic rings. The zero-order valence-electron chi connectivity index (χ0n) is 18.9. The molecule has 1 saturated heterocycles. The highest BCUT2D eigenvalue weighted by Crippen LogP contribution is 2.28. The minimum atomic E-state index is -1.32. The molecule has 3 aromatic carbocycles. The molecule has 0 aliphatic carbocycles. The number of hydrogen-bond donors (Lipinski definition) is 2. The standard InChI is InChI=1S/C26H27NO8/c28-23-22(17-32-15-18-7-3-1-4-8-18)35-26(34-21-13-11-20(12-14-21)27(30)31)25(24(23)29)33-16-19-9-5-2-6-10-19/h1-14,22-26,28-29H,15-17H2/t22-,23+,24+,25-,26-/m1/s1. The van der Waals surface area contributed by atoms with Gasteiger partial charge >= 0.3 is 0 Å². The van der Waals surface area contributed by atoms with E-state index in [0.29, 0.717) is 12.4 Å². The summed E-state index contributed by atoms with van der Waals surface area (Å²) in [7, 11) is 0. The Kier molecular flexibility index (Phi) is 8.40. The quantitative estimate of drug-likeness (QED) is 0.335. The van der Waals surface area contributed by atoms with E-state index in [2.05, 4.69) is 0 Å². The van der Waals surface area contributed by atoms with Crippen molar-refractivity contribution < 1.29 is 34.1 Å². The molecule has 0 saturated carbocycles. The molecule has 4 rings (SSSR count). The molecule has 1 aliphatic heterocycles. The number of ether oxygens (including phenoxy) is 4. The van der Waals surface area contributed by atoms with Gasteiger partial charge in [0.1, 0.15) is 30.2 Å². The van der Waals surface area contributed by atoms with E-state index >= 15 is 0 Å². The monoisotopic (exact) mass is 481 g/mol. The van der Waals surface area contributed by atoms with Crippen molar-refractivity contribution in [2.24, 2.45) is 0 Å². The van der Waals surface area contributed by atoms with Gasteiger partial charge in [0.05, 0.1) is 24.7 Å². The van der Waals surface area contributed by atoms with E-state index in [-0.39, 0.29) is 18.9 Å². The summed E-state index contributed by atoms with van der Waals surface area (Å²) in [4.78, 5) is 10.4. The van der Waals surface area contributed by atoms with Gasteiger partial charge in [0.2, 0.25) is 6.29 Å². The first-order valence-corrected chi connectivity index (χ1v) is 11.2. The number of non-ortho nitro benzene ring substituents is 1. The van der Waals surface area contributed by atoms with E-state index in [1.807, 2.05) is 60.7 Å². The molecule has 0 radical (unpaired) electrons. The Morgan fingerprint density at radius 2 is 1.43 bits per heavy atom. The van der Waals surface area contributed by atoms with Gasteiger partial charge in [-0.15, -0.1) is 0 Å². The van der Waals surface area contributed by atoms with E-state index in [1.54, 1.807) is 0 Å². The average Bonchev–Trinajstić information content (AvgIpc) is 2.88. The van der Waals surface area contributed by atoms with Gasteiger partial charge in [0.25, 0.3) is 5.69 Å². The fourth-order valence-corrected chi connectivity index (χ4v) is 3.73. The molecule has 2 N–H and O–H groups in total. The smallest absolute Gasteiger partial charge is 0.269 e. The SMILES string of the molecule is O=[N+]([O-])c1ccc(O[C@@H]2O[C@H](COCc3ccccc3)[C@H](O)[C@H](O)[C@H]2OCc2ccccc2)cc1. The maximum Gasteiger partial charge on any atom is 0.269 e. The maximum atomic E-state index is 10.9. The zero-order valence-corrected chi connectivity index (χ0v) is 18.9. The van der Waals surface area contributed by atoms with Gasteiger partial charge < -0.3 is 29.2 Å². The number of aliphatic hydroxyl groups excluding tert-OH is 2. The molecule has 9 nitrogen and oxygen atoms in total. The maximum absolute atomic E-state index is 10.9. The Labute approximate surface area is 202 Å². The van der Waals surface area contributed by atoms with Crippen molar-refractivity contribution in [3.63, 3.8) is 0 Å². The zero-order chi connectivity index (χ0) is 24.6. The predicted molar refractivity (Wildman–Crippen MR) is 126 cm³/mol. The predicted octanol–water partition coefficient (Wildman–Crippen LogP) is 3.22. The van der Waals surface area contributed by atoms with Crippen LogP contribution in [0.25, 0.3) is 0 Å². The number of rotatable bonds is 10. The van der Waals surface area contributed by atoms with Crippen LogP contribution in [0.4, 0.5) is 5.69 Å². The van der Waals surface area contributed by atoms with Crippen LogP contribution in [0.15, 0.2) is 84.9 Å². The molecule has 0 spiro atoms. The van der Waals surface area contributed by atoms with Crippen molar-refractivity contribution in [1.82, 2.24) is 0 Å². The topological polar surface area (TPSA) is 121 Å². The third-order valence-corrected chi connectivity index (χ3v) is 5.62. The van der Waals surface area contributed by atoms with Crippen LogP contribution in [0.3, 0.4) is 0 Å². The second-order valence-corrected chi connectivity index (χ2v) is 8.15. The first-order chi connectivity index (χ1) is 17.0. The summed E-state index contributed by atoms with van der Waals surface area (Å²) >= 11 is 0. The third kappa shape index (κ3) is 6.62. The molecule has 35 heavy (non-hydrogen) atoms. The molecular weight excluding hydrogens is 454 g/mol. The Morgan fingerprint density at radius 3 is 2.03 bits per heavy atom. The number of benzene rings is 3. The molecule has 1 fully saturated rings. The lowest BCUT2D eigenvalue weighted by atomic mass is 9.99. The Bertz CT molecular complexity index is 1060. The van der Waals surface area contributed by atoms with Crippen LogP contribution in [0.1, 0.15) is 11.1 Å². The molecule has 0 aromatic heterocycles. The van der Waals surface area contributed by atoms with Crippen LogP contribution in [0.5, 0.6) is 5.75 Å². The lowest BCUT2D eigenvalue weighted by Gasteiger charge is -2.42. The second-order valence-electron chi connectivity index (χ2n) is 8.15. The molecule has 184 valence electrons. The van der Waals surface area contributed by atoms with Crippen molar-refractivity contribution in [2.75, 3.05) is 6.61 Å². The Morgan fingerprint density at radius 1 is 0.829 bits per heavy atom. The van der Waals surface area contributed by atoms with Gasteiger partial charge in [-0.1, -0.05) is 60.7 Å². The highest BCUT2D eigenvalue weighted by Gasteiger charge is 2.46. The van der Waals surface area contributed by atoms with Crippen LogP contribution in [-0.2, 0) is 27.4 Å². The van der Waals surface area contributed by atoms with Gasteiger partial charge in [-0.05, 0) is 23.3 Å². The van der Waals surface area contributed by atoms with Crippen LogP contribution in [0.2, 0.25) is 0 Å². The third-order valence-electron chi connectivity index (χ3n) is 5.62. The lowest BCUT2D eigenvalue weighted by molar-refractivity contribution is -0.384. The van der Waals surface area contributed by atoms with E-state index < -0.39 is 35.6 Å². The number of nitrogens with zero attached hydrogens (tertiary/aromatic N) is 1. The number of nitro benzene ring substituents is 1. The number of aliphatic hydroxyl groups is 2. The molecule has 0 amide bonds. The van der Waals surface area contributed by atoms with Gasteiger partial charge in [-0.2, -0.15) is 0 Å². The molecule has 5 atom stereocenters. The number of hydrogen-bond acceptors (Lipinski definition) is 8. The molecular formula is C26H27NO8. The van der Waals surface area contributed by atoms with Gasteiger partial charge in [-0.25, -0.2) is 0 Å². The summed E-state index contributed by atoms with van der Waals surface area (Å²) in [6.45, 7) is 0.484. The van der Waals surface area contributed by atoms with Crippen LogP contribution in [0, 0.1) is 10.1 Å². The molecule has 9 heteroatoms. The first-order valence-electron chi connectivity index (χ1n) is 11.2. The Balaban J connectivity index is 1.46. The fourth-order valence-electron chi connectivity index (χ4n) is 3.73. The average molecular weight is 482 g/mol. The highest BCUT2D eigenvalue weighted by molar-refractivity contribution is 5.36. The van der Waals surface area contributed by atoms with Crippen molar-refractivity contribution in [1.29, 1.82) is 0 Å². The normalized spacial score (nSPS) is 24.1. The molecule has 0 bridgehead atoms. The van der Waals surface area contributed by atoms with E-state index in [9.17, 15) is 20.3 Å². The van der Waals surface area contributed by atoms with Crippen molar-refractivity contribution in [3.05, 3.63) is 106 Å². The van der Waals surface area contributed by atoms with E-state index in [4.69, 9.17) is 18.9 Å². The molecule has 3 aromatic rings. The fraction of sp³-hybridized carbons (Fsp3) is 0.308. The van der Waals surface area contributed by atoms with Crippen LogP contribution < -0.4 is 4.74 Å². The van der Waals surface area contributed by atoms with E-state index in [1.165, 1.54) is 24.3 Å². The van der Waals surface area contributed by atoms with E-state index in [0.717, 1.165) is 11.1 Å². The summed E-state index contributed by atoms with van der Waals surface area (Å²) in [5.41, 5.74) is 1.75. The summed E-state index contributed by atoms with van der Waals surface area (Å²) in [6.07, 6.45) is -5.59. The second kappa shape index (κ2) is 11.9. The molecule has 0 unspecified atom stereocenters. The van der Waals surface area contributed by atoms with Gasteiger partial charge in [0.15, 0.2) is 0 Å². The van der Waals surface area contributed by atoms with Gasteiger partial charge in [0, 0.05) is 12.1 Å². The first kappa shape index (κ1) is 24.8.